The third kappa shape index (κ3) is 3.88. The number of hydrogen-bond donors (Lipinski definition) is 1. The highest BCUT2D eigenvalue weighted by Gasteiger charge is 2.20. The molecule has 1 aliphatic heterocycles. The Hall–Kier alpha value is -2.83. The third-order valence-corrected chi connectivity index (χ3v) is 4.99. The number of hydrazine groups is 1. The highest BCUT2D eigenvalue weighted by atomic mass is 35.5. The number of nitrogens with one attached hydrogen (secondary N) is 1. The molecule has 0 aliphatic carbocycles. The van der Waals surface area contributed by atoms with Crippen molar-refractivity contribution in [3.63, 3.8) is 0 Å². The second-order valence-electron chi connectivity index (χ2n) is 6.66. The Kier molecular flexibility index (Phi) is 5.32. The van der Waals surface area contributed by atoms with Gasteiger partial charge in [0.15, 0.2) is 0 Å². The van der Waals surface area contributed by atoms with Gasteiger partial charge < -0.3 is 4.74 Å². The van der Waals surface area contributed by atoms with Crippen LogP contribution in [0.2, 0.25) is 5.02 Å². The fourth-order valence-corrected chi connectivity index (χ4v) is 3.41. The van der Waals surface area contributed by atoms with E-state index in [0.29, 0.717) is 16.5 Å². The number of carbonyl (C=O) groups is 1. The van der Waals surface area contributed by atoms with Gasteiger partial charge in [0.1, 0.15) is 17.3 Å². The first-order chi connectivity index (χ1) is 13.6. The van der Waals surface area contributed by atoms with Crippen LogP contribution in [0.15, 0.2) is 54.7 Å². The van der Waals surface area contributed by atoms with E-state index in [0.717, 1.165) is 42.9 Å². The number of aromatic nitrogens is 2. The van der Waals surface area contributed by atoms with Crippen LogP contribution in [-0.4, -0.2) is 40.7 Å². The van der Waals surface area contributed by atoms with Gasteiger partial charge in [-0.15, -0.1) is 0 Å². The first-order valence-corrected chi connectivity index (χ1v) is 9.57. The highest BCUT2D eigenvalue weighted by Crippen LogP contribution is 2.27. The molecule has 1 fully saturated rings. The van der Waals surface area contributed by atoms with Crippen LogP contribution < -0.4 is 10.2 Å². The Bertz CT molecular complexity index is 978. The zero-order valence-electron chi connectivity index (χ0n) is 15.6. The van der Waals surface area contributed by atoms with Gasteiger partial charge in [0.05, 0.1) is 7.11 Å². The molecule has 0 radical (unpaired) electrons. The van der Waals surface area contributed by atoms with Crippen molar-refractivity contribution in [3.8, 4) is 22.8 Å². The minimum Gasteiger partial charge on any atom is -0.497 e. The molecule has 0 unspecified atom stereocenters. The molecule has 7 heteroatoms. The monoisotopic (exact) mass is 396 g/mol. The predicted molar refractivity (Wildman–Crippen MR) is 109 cm³/mol. The maximum atomic E-state index is 12.7. The average molecular weight is 397 g/mol. The number of hydrogen-bond acceptors (Lipinski definition) is 4. The van der Waals surface area contributed by atoms with Gasteiger partial charge in [-0.1, -0.05) is 23.7 Å². The van der Waals surface area contributed by atoms with Gasteiger partial charge in [0, 0.05) is 35.6 Å². The Morgan fingerprint density at radius 1 is 1.14 bits per heavy atom. The predicted octanol–water partition coefficient (Wildman–Crippen LogP) is 3.94. The molecule has 2 aromatic carbocycles. The molecule has 4 rings (SSSR count). The fraction of sp³-hybridized carbons (Fsp3) is 0.238. The van der Waals surface area contributed by atoms with Gasteiger partial charge in [-0.2, -0.15) is 0 Å². The number of benzene rings is 2. The van der Waals surface area contributed by atoms with Crippen molar-refractivity contribution in [2.45, 2.75) is 12.8 Å². The Morgan fingerprint density at radius 3 is 2.61 bits per heavy atom. The van der Waals surface area contributed by atoms with Gasteiger partial charge in [0.2, 0.25) is 0 Å². The van der Waals surface area contributed by atoms with Crippen LogP contribution >= 0.6 is 11.6 Å². The van der Waals surface area contributed by atoms with Gasteiger partial charge in [-0.25, -0.2) is 9.99 Å². The topological polar surface area (TPSA) is 59.4 Å². The number of methoxy groups -OCH3 is 1. The van der Waals surface area contributed by atoms with E-state index >= 15 is 0 Å². The Balaban J connectivity index is 1.74. The number of nitrogens with zero attached hydrogens (tertiary/aromatic N) is 3. The summed E-state index contributed by atoms with van der Waals surface area (Å²) >= 11 is 6.04. The molecule has 28 heavy (non-hydrogen) atoms. The van der Waals surface area contributed by atoms with E-state index in [4.69, 9.17) is 16.3 Å². The lowest BCUT2D eigenvalue weighted by molar-refractivity contribution is 0.0821. The summed E-state index contributed by atoms with van der Waals surface area (Å²) in [5, 5.41) is 2.59. The third-order valence-electron chi connectivity index (χ3n) is 4.74. The zero-order chi connectivity index (χ0) is 19.5. The van der Waals surface area contributed by atoms with Crippen LogP contribution in [0.3, 0.4) is 0 Å². The number of amides is 1. The van der Waals surface area contributed by atoms with Gasteiger partial charge in [-0.3, -0.25) is 14.8 Å². The molecule has 0 saturated carbocycles. The number of halogens is 1. The van der Waals surface area contributed by atoms with E-state index < -0.39 is 0 Å². The second kappa shape index (κ2) is 8.04. The van der Waals surface area contributed by atoms with Gasteiger partial charge in [-0.05, 0) is 49.2 Å². The van der Waals surface area contributed by atoms with E-state index in [9.17, 15) is 4.79 Å². The fourth-order valence-electron chi connectivity index (χ4n) is 3.28. The van der Waals surface area contributed by atoms with Crippen LogP contribution in [0.5, 0.6) is 5.75 Å². The van der Waals surface area contributed by atoms with Crippen molar-refractivity contribution in [2.24, 2.45) is 0 Å². The first kappa shape index (κ1) is 18.5. The van der Waals surface area contributed by atoms with E-state index in [1.165, 1.54) is 0 Å². The molecule has 3 aromatic rings. The lowest BCUT2D eigenvalue weighted by atomic mass is 10.2. The normalized spacial score (nSPS) is 14.2. The SMILES string of the molecule is COc1cccc(-c2nc(C(=O)NN3CCCC3)cn2-c2ccc(Cl)cc2)c1. The molecule has 0 spiro atoms. The summed E-state index contributed by atoms with van der Waals surface area (Å²) in [5.74, 6) is 1.18. The highest BCUT2D eigenvalue weighted by molar-refractivity contribution is 6.30. The van der Waals surface area contributed by atoms with Crippen LogP contribution in [0.1, 0.15) is 23.3 Å². The molecular formula is C21H21ClN4O2. The molecule has 0 bridgehead atoms. The maximum absolute atomic E-state index is 12.7. The Labute approximate surface area is 168 Å². The van der Waals surface area contributed by atoms with Crippen LogP contribution in [-0.2, 0) is 0 Å². The molecule has 1 amide bonds. The van der Waals surface area contributed by atoms with Crippen molar-refractivity contribution in [1.82, 2.24) is 20.0 Å². The summed E-state index contributed by atoms with van der Waals surface area (Å²) in [6.07, 6.45) is 3.94. The summed E-state index contributed by atoms with van der Waals surface area (Å²) in [7, 11) is 1.62. The molecule has 1 saturated heterocycles. The summed E-state index contributed by atoms with van der Waals surface area (Å²) < 4.78 is 7.23. The Morgan fingerprint density at radius 2 is 1.89 bits per heavy atom. The molecule has 1 N–H and O–H groups in total. The summed E-state index contributed by atoms with van der Waals surface area (Å²) in [4.78, 5) is 17.4. The molecule has 0 atom stereocenters. The van der Waals surface area contributed by atoms with Crippen LogP contribution in [0.25, 0.3) is 17.1 Å². The van der Waals surface area contributed by atoms with Crippen molar-refractivity contribution < 1.29 is 9.53 Å². The molecule has 1 aliphatic rings. The van der Waals surface area contributed by atoms with Crippen LogP contribution in [0.4, 0.5) is 0 Å². The quantitative estimate of drug-likeness (QED) is 0.709. The largest absolute Gasteiger partial charge is 0.497 e. The lowest BCUT2D eigenvalue weighted by Crippen LogP contribution is -2.40. The van der Waals surface area contributed by atoms with Crippen molar-refractivity contribution in [1.29, 1.82) is 0 Å². The standard InChI is InChI=1S/C21H21ClN4O2/c1-28-18-6-4-5-15(13-18)20-23-19(21(27)24-25-11-2-3-12-25)14-26(20)17-9-7-16(22)8-10-17/h4-10,13-14H,2-3,11-12H2,1H3,(H,24,27). The van der Waals surface area contributed by atoms with Crippen molar-refractivity contribution in [3.05, 3.63) is 65.4 Å². The minimum absolute atomic E-state index is 0.209. The van der Waals surface area contributed by atoms with E-state index in [1.807, 2.05) is 58.1 Å². The molecular weight excluding hydrogens is 376 g/mol. The number of imidazole rings is 1. The number of rotatable bonds is 5. The molecule has 6 nitrogen and oxygen atoms in total. The van der Waals surface area contributed by atoms with Crippen LogP contribution in [0, 0.1) is 0 Å². The van der Waals surface area contributed by atoms with Gasteiger partial charge >= 0.3 is 0 Å². The lowest BCUT2D eigenvalue weighted by Gasteiger charge is -2.14. The molecule has 144 valence electrons. The van der Waals surface area contributed by atoms with E-state index in [-0.39, 0.29) is 5.91 Å². The number of carbonyl (C=O) groups excluding carboxylic acids is 1. The minimum atomic E-state index is -0.209. The summed E-state index contributed by atoms with van der Waals surface area (Å²) in [6.45, 7) is 1.73. The van der Waals surface area contributed by atoms with Gasteiger partial charge in [0.25, 0.3) is 5.91 Å². The molecule has 1 aromatic heterocycles. The average Bonchev–Trinajstić information content (AvgIpc) is 3.38. The first-order valence-electron chi connectivity index (χ1n) is 9.20. The van der Waals surface area contributed by atoms with E-state index in [2.05, 4.69) is 10.4 Å². The summed E-state index contributed by atoms with van der Waals surface area (Å²) in [5.41, 5.74) is 5.03. The van der Waals surface area contributed by atoms with Crippen molar-refractivity contribution >= 4 is 17.5 Å². The number of ether oxygens (including phenoxy) is 1. The summed E-state index contributed by atoms with van der Waals surface area (Å²) in [6, 6.07) is 15.0. The van der Waals surface area contributed by atoms with Crippen molar-refractivity contribution in [2.75, 3.05) is 20.2 Å². The zero-order valence-corrected chi connectivity index (χ0v) is 16.3. The smallest absolute Gasteiger partial charge is 0.285 e. The maximum Gasteiger partial charge on any atom is 0.285 e. The second-order valence-corrected chi connectivity index (χ2v) is 7.10. The van der Waals surface area contributed by atoms with E-state index in [1.54, 1.807) is 13.3 Å². The molecule has 2 heterocycles.